The number of ketones is 1. The Labute approximate surface area is 159 Å². The van der Waals surface area contributed by atoms with Crippen LogP contribution in [0.2, 0.25) is 5.02 Å². The Morgan fingerprint density at radius 1 is 1.15 bits per heavy atom. The number of rotatable bonds is 5. The Morgan fingerprint density at radius 3 is 2.50 bits per heavy atom. The molecule has 0 radical (unpaired) electrons. The van der Waals surface area contributed by atoms with Gasteiger partial charge in [0.15, 0.2) is 10.8 Å². The molecule has 0 atom stereocenters. The normalized spacial score (nSPS) is 11.4. The van der Waals surface area contributed by atoms with E-state index in [1.807, 2.05) is 31.2 Å². The summed E-state index contributed by atoms with van der Waals surface area (Å²) in [5, 5.41) is 17.2. The first-order valence-corrected chi connectivity index (χ1v) is 8.86. The molecule has 0 saturated carbocycles. The number of aromatic nitrogens is 4. The number of hydrazone groups is 1. The highest BCUT2D eigenvalue weighted by Gasteiger charge is 2.16. The molecule has 0 aliphatic heterocycles. The van der Waals surface area contributed by atoms with E-state index in [0.717, 1.165) is 23.0 Å². The van der Waals surface area contributed by atoms with Crippen molar-refractivity contribution in [2.75, 3.05) is 5.43 Å². The van der Waals surface area contributed by atoms with Crippen LogP contribution in [-0.2, 0) is 4.79 Å². The van der Waals surface area contributed by atoms with Gasteiger partial charge in [0.1, 0.15) is 0 Å². The molecule has 0 fully saturated rings. The van der Waals surface area contributed by atoms with Crippen LogP contribution >= 0.6 is 23.4 Å². The number of nitrogens with zero attached hydrogens (tertiary/aromatic N) is 5. The number of benzene rings is 2. The molecule has 0 aliphatic carbocycles. The first-order valence-electron chi connectivity index (χ1n) is 7.66. The molecule has 0 amide bonds. The third-order valence-corrected chi connectivity index (χ3v) is 4.60. The minimum atomic E-state index is -0.199. The van der Waals surface area contributed by atoms with Gasteiger partial charge in [-0.05, 0) is 65.5 Å². The van der Waals surface area contributed by atoms with Crippen LogP contribution in [-0.4, -0.2) is 31.0 Å². The summed E-state index contributed by atoms with van der Waals surface area (Å²) in [7, 11) is 0. The zero-order chi connectivity index (χ0) is 18.5. The molecule has 0 spiro atoms. The molecule has 1 heterocycles. The maximum absolute atomic E-state index is 11.9. The van der Waals surface area contributed by atoms with E-state index in [1.54, 1.807) is 28.9 Å². The van der Waals surface area contributed by atoms with Crippen LogP contribution in [0.15, 0.2) is 58.8 Å². The van der Waals surface area contributed by atoms with E-state index in [1.165, 1.54) is 6.92 Å². The number of tetrazole rings is 1. The molecule has 1 aromatic heterocycles. The lowest BCUT2D eigenvalue weighted by Crippen LogP contribution is -2.10. The zero-order valence-electron chi connectivity index (χ0n) is 14.0. The minimum absolute atomic E-state index is 0.199. The van der Waals surface area contributed by atoms with Crippen molar-refractivity contribution >= 4 is 39.9 Å². The molecular weight excluding hydrogens is 372 g/mol. The highest BCUT2D eigenvalue weighted by Crippen LogP contribution is 2.21. The molecule has 7 nitrogen and oxygen atoms in total. The van der Waals surface area contributed by atoms with Gasteiger partial charge in [0.25, 0.3) is 0 Å². The van der Waals surface area contributed by atoms with Crippen molar-refractivity contribution in [1.29, 1.82) is 0 Å². The second-order valence-corrected chi connectivity index (χ2v) is 6.80. The van der Waals surface area contributed by atoms with E-state index in [4.69, 9.17) is 11.6 Å². The lowest BCUT2D eigenvalue weighted by atomic mass is 10.2. The number of carbonyl (C=O) groups excluding carboxylic acids is 1. The molecule has 0 saturated heterocycles. The maximum Gasteiger partial charge on any atom is 0.220 e. The van der Waals surface area contributed by atoms with Crippen molar-refractivity contribution in [3.8, 4) is 5.69 Å². The molecule has 1 N–H and O–H groups in total. The Hall–Kier alpha value is -2.71. The summed E-state index contributed by atoms with van der Waals surface area (Å²) in [6, 6.07) is 14.8. The average molecular weight is 387 g/mol. The van der Waals surface area contributed by atoms with Crippen LogP contribution in [0, 0.1) is 6.92 Å². The predicted molar refractivity (Wildman–Crippen MR) is 103 cm³/mol. The van der Waals surface area contributed by atoms with Gasteiger partial charge >= 0.3 is 0 Å². The lowest BCUT2D eigenvalue weighted by Gasteiger charge is -2.06. The Balaban J connectivity index is 1.82. The van der Waals surface area contributed by atoms with Crippen molar-refractivity contribution in [2.24, 2.45) is 5.10 Å². The number of hydrogen-bond donors (Lipinski definition) is 1. The predicted octanol–water partition coefficient (Wildman–Crippen LogP) is 3.73. The molecule has 0 bridgehead atoms. The molecule has 0 unspecified atom stereocenters. The molecular formula is C17H15ClN6OS. The number of aryl methyl sites for hydroxylation is 1. The second-order valence-electron chi connectivity index (χ2n) is 5.40. The summed E-state index contributed by atoms with van der Waals surface area (Å²) < 4.78 is 1.56. The zero-order valence-corrected chi connectivity index (χ0v) is 15.6. The fourth-order valence-electron chi connectivity index (χ4n) is 1.99. The largest absolute Gasteiger partial charge is 0.292 e. The molecule has 3 rings (SSSR count). The number of hydrogen-bond acceptors (Lipinski definition) is 7. The van der Waals surface area contributed by atoms with Crippen LogP contribution < -0.4 is 5.43 Å². The van der Waals surface area contributed by atoms with Crippen LogP contribution in [0.25, 0.3) is 5.69 Å². The molecule has 2 aromatic carbocycles. The van der Waals surface area contributed by atoms with E-state index < -0.39 is 0 Å². The summed E-state index contributed by atoms with van der Waals surface area (Å²) in [6.07, 6.45) is 0. The van der Waals surface area contributed by atoms with Gasteiger partial charge in [-0.15, -0.1) is 5.10 Å². The molecule has 3 aromatic rings. The Bertz CT molecular complexity index is 937. The SMILES string of the molecule is CC(=O)C(=NNc1ccc(Cl)cc1)Sc1nnnn1-c1ccc(C)cc1. The average Bonchev–Trinajstić information content (AvgIpc) is 3.08. The highest BCUT2D eigenvalue weighted by atomic mass is 35.5. The third-order valence-electron chi connectivity index (χ3n) is 3.34. The van der Waals surface area contributed by atoms with Crippen molar-refractivity contribution in [2.45, 2.75) is 19.0 Å². The summed E-state index contributed by atoms with van der Waals surface area (Å²) >= 11 is 6.95. The molecule has 9 heteroatoms. The van der Waals surface area contributed by atoms with Crippen molar-refractivity contribution in [3.05, 3.63) is 59.1 Å². The Kier molecular flexibility index (Phi) is 5.65. The van der Waals surface area contributed by atoms with Crippen LogP contribution in [0.3, 0.4) is 0 Å². The number of nitrogens with one attached hydrogen (secondary N) is 1. The summed E-state index contributed by atoms with van der Waals surface area (Å²) in [5.74, 6) is -0.199. The van der Waals surface area contributed by atoms with E-state index in [0.29, 0.717) is 15.9 Å². The summed E-state index contributed by atoms with van der Waals surface area (Å²) in [4.78, 5) is 11.9. The van der Waals surface area contributed by atoms with Gasteiger partial charge in [-0.3, -0.25) is 10.2 Å². The van der Waals surface area contributed by atoms with Crippen LogP contribution in [0.4, 0.5) is 5.69 Å². The maximum atomic E-state index is 11.9. The smallest absolute Gasteiger partial charge is 0.220 e. The molecule has 132 valence electrons. The fraction of sp³-hybridized carbons (Fsp3) is 0.118. The number of Topliss-reactive ketones (excluding diaryl/α,β-unsaturated/α-hetero) is 1. The topological polar surface area (TPSA) is 85.1 Å². The monoisotopic (exact) mass is 386 g/mol. The van der Waals surface area contributed by atoms with Gasteiger partial charge in [-0.2, -0.15) is 9.78 Å². The van der Waals surface area contributed by atoms with Crippen LogP contribution in [0.5, 0.6) is 0 Å². The van der Waals surface area contributed by atoms with Gasteiger partial charge in [-0.1, -0.05) is 29.3 Å². The number of anilines is 1. The number of carbonyl (C=O) groups is 1. The van der Waals surface area contributed by atoms with Gasteiger partial charge < -0.3 is 0 Å². The van der Waals surface area contributed by atoms with Crippen molar-refractivity contribution < 1.29 is 4.79 Å². The van der Waals surface area contributed by atoms with E-state index >= 15 is 0 Å². The summed E-state index contributed by atoms with van der Waals surface area (Å²) in [5.41, 5.74) is 5.49. The standard InChI is InChI=1S/C17H15ClN6OS/c1-11-3-9-15(10-4-11)24-17(21-22-23-24)26-16(12(2)25)20-19-14-7-5-13(18)6-8-14/h3-10,19H,1-2H3. The van der Waals surface area contributed by atoms with E-state index in [-0.39, 0.29) is 10.8 Å². The number of halogens is 1. The van der Waals surface area contributed by atoms with E-state index in [2.05, 4.69) is 26.1 Å². The van der Waals surface area contributed by atoms with Gasteiger partial charge in [-0.25, -0.2) is 0 Å². The van der Waals surface area contributed by atoms with Crippen molar-refractivity contribution in [1.82, 2.24) is 20.2 Å². The first kappa shape index (κ1) is 18.1. The Morgan fingerprint density at radius 2 is 1.85 bits per heavy atom. The molecule has 26 heavy (non-hydrogen) atoms. The quantitative estimate of drug-likeness (QED) is 0.311. The van der Waals surface area contributed by atoms with Crippen molar-refractivity contribution in [3.63, 3.8) is 0 Å². The van der Waals surface area contributed by atoms with Gasteiger partial charge in [0, 0.05) is 11.9 Å². The lowest BCUT2D eigenvalue weighted by molar-refractivity contribution is -0.110. The fourth-order valence-corrected chi connectivity index (χ4v) is 2.83. The number of thioether (sulfide) groups is 1. The second kappa shape index (κ2) is 8.11. The first-order chi connectivity index (χ1) is 12.5. The van der Waals surface area contributed by atoms with Gasteiger partial charge in [0.2, 0.25) is 5.16 Å². The highest BCUT2D eigenvalue weighted by molar-refractivity contribution is 8.15. The van der Waals surface area contributed by atoms with E-state index in [9.17, 15) is 4.79 Å². The van der Waals surface area contributed by atoms with Gasteiger partial charge in [0.05, 0.1) is 11.4 Å². The molecule has 0 aliphatic rings. The van der Waals surface area contributed by atoms with Crippen LogP contribution in [0.1, 0.15) is 12.5 Å². The summed E-state index contributed by atoms with van der Waals surface area (Å²) in [6.45, 7) is 3.44. The minimum Gasteiger partial charge on any atom is -0.292 e. The third kappa shape index (κ3) is 4.47.